The summed E-state index contributed by atoms with van der Waals surface area (Å²) >= 11 is 0. The van der Waals surface area contributed by atoms with Crippen LogP contribution in [0.1, 0.15) is 50.9 Å². The first kappa shape index (κ1) is 20.4. The number of hydrogen-bond donors (Lipinski definition) is 2. The van der Waals surface area contributed by atoms with Crippen LogP contribution in [0.15, 0.2) is 24.3 Å². The zero-order valence-corrected chi connectivity index (χ0v) is 16.1. The molecule has 2 rings (SSSR count). The third kappa shape index (κ3) is 5.53. The molecule has 1 aliphatic heterocycles. The number of rotatable bonds is 6. The van der Waals surface area contributed by atoms with Crippen molar-refractivity contribution in [2.24, 2.45) is 5.92 Å². The number of amides is 2. The van der Waals surface area contributed by atoms with E-state index in [0.717, 1.165) is 25.9 Å². The van der Waals surface area contributed by atoms with Gasteiger partial charge in [-0.15, -0.1) is 0 Å². The SMILES string of the molecule is CC(C)[C@H](NC(=O)c1ccc(F)cc1)C(=O)NC1CCN(C(C)C)CC1. The minimum atomic E-state index is -0.615. The Morgan fingerprint density at radius 3 is 2.15 bits per heavy atom. The normalized spacial score (nSPS) is 17.3. The molecule has 0 radical (unpaired) electrons. The Hall–Kier alpha value is -1.95. The number of carbonyl (C=O) groups excluding carboxylic acids is 2. The van der Waals surface area contributed by atoms with Gasteiger partial charge in [0.2, 0.25) is 5.91 Å². The van der Waals surface area contributed by atoms with Crippen molar-refractivity contribution >= 4 is 11.8 Å². The predicted octanol–water partition coefficient (Wildman–Crippen LogP) is 2.57. The fourth-order valence-corrected chi connectivity index (χ4v) is 3.21. The quantitative estimate of drug-likeness (QED) is 0.817. The Morgan fingerprint density at radius 1 is 1.08 bits per heavy atom. The number of hydrogen-bond acceptors (Lipinski definition) is 3. The van der Waals surface area contributed by atoms with Crippen molar-refractivity contribution < 1.29 is 14.0 Å². The molecule has 0 aromatic heterocycles. The van der Waals surface area contributed by atoms with Crippen molar-refractivity contribution in [3.63, 3.8) is 0 Å². The molecule has 0 saturated carbocycles. The van der Waals surface area contributed by atoms with Gasteiger partial charge in [0.05, 0.1) is 0 Å². The van der Waals surface area contributed by atoms with Crippen LogP contribution in [-0.2, 0) is 4.79 Å². The molecule has 5 nitrogen and oxygen atoms in total. The third-order valence-electron chi connectivity index (χ3n) is 4.95. The molecule has 2 N–H and O–H groups in total. The summed E-state index contributed by atoms with van der Waals surface area (Å²) in [4.78, 5) is 27.5. The highest BCUT2D eigenvalue weighted by molar-refractivity contribution is 5.97. The van der Waals surface area contributed by atoms with Crippen molar-refractivity contribution in [1.29, 1.82) is 0 Å². The number of piperidine rings is 1. The molecular formula is C20H30FN3O2. The minimum absolute atomic E-state index is 0.0462. The number of likely N-dealkylation sites (tertiary alicyclic amines) is 1. The van der Waals surface area contributed by atoms with E-state index in [2.05, 4.69) is 29.4 Å². The maximum atomic E-state index is 13.0. The van der Waals surface area contributed by atoms with Gasteiger partial charge in [-0.25, -0.2) is 4.39 Å². The zero-order chi connectivity index (χ0) is 19.3. The van der Waals surface area contributed by atoms with Gasteiger partial charge in [0, 0.05) is 30.7 Å². The average molecular weight is 363 g/mol. The molecule has 1 aliphatic rings. The van der Waals surface area contributed by atoms with Crippen LogP contribution >= 0.6 is 0 Å². The molecule has 0 unspecified atom stereocenters. The van der Waals surface area contributed by atoms with Gasteiger partial charge in [0.15, 0.2) is 0 Å². The largest absolute Gasteiger partial charge is 0.351 e. The van der Waals surface area contributed by atoms with Crippen LogP contribution in [0.5, 0.6) is 0 Å². The van der Waals surface area contributed by atoms with E-state index in [0.29, 0.717) is 11.6 Å². The van der Waals surface area contributed by atoms with E-state index in [1.165, 1.54) is 24.3 Å². The number of nitrogens with one attached hydrogen (secondary N) is 2. The van der Waals surface area contributed by atoms with Crippen molar-refractivity contribution in [3.8, 4) is 0 Å². The summed E-state index contributed by atoms with van der Waals surface area (Å²) in [7, 11) is 0. The van der Waals surface area contributed by atoms with Crippen molar-refractivity contribution in [2.75, 3.05) is 13.1 Å². The number of carbonyl (C=O) groups is 2. The highest BCUT2D eigenvalue weighted by Gasteiger charge is 2.28. The maximum absolute atomic E-state index is 13.0. The molecule has 2 amide bonds. The number of halogens is 1. The summed E-state index contributed by atoms with van der Waals surface area (Å²) in [5, 5.41) is 5.87. The van der Waals surface area contributed by atoms with Crippen molar-refractivity contribution in [3.05, 3.63) is 35.6 Å². The Bertz CT molecular complexity index is 608. The topological polar surface area (TPSA) is 61.4 Å². The van der Waals surface area contributed by atoms with Gasteiger partial charge in [0.1, 0.15) is 11.9 Å². The predicted molar refractivity (Wildman–Crippen MR) is 100 cm³/mol. The Morgan fingerprint density at radius 2 is 1.65 bits per heavy atom. The second-order valence-electron chi connectivity index (χ2n) is 7.61. The lowest BCUT2D eigenvalue weighted by Crippen LogP contribution is -2.54. The second-order valence-corrected chi connectivity index (χ2v) is 7.61. The highest BCUT2D eigenvalue weighted by atomic mass is 19.1. The molecule has 0 spiro atoms. The van der Waals surface area contributed by atoms with E-state index in [1.54, 1.807) is 0 Å². The van der Waals surface area contributed by atoms with Crippen LogP contribution in [0.25, 0.3) is 0 Å². The van der Waals surface area contributed by atoms with Gasteiger partial charge in [-0.2, -0.15) is 0 Å². The molecule has 0 bridgehead atoms. The second kappa shape index (κ2) is 9.12. The molecule has 6 heteroatoms. The highest BCUT2D eigenvalue weighted by Crippen LogP contribution is 2.14. The molecule has 1 aromatic carbocycles. The molecule has 26 heavy (non-hydrogen) atoms. The Labute approximate surface area is 155 Å². The van der Waals surface area contributed by atoms with Crippen molar-refractivity contribution in [2.45, 2.75) is 58.7 Å². The van der Waals surface area contributed by atoms with E-state index in [4.69, 9.17) is 0 Å². The third-order valence-corrected chi connectivity index (χ3v) is 4.95. The summed E-state index contributed by atoms with van der Waals surface area (Å²) < 4.78 is 13.0. The average Bonchev–Trinajstić information content (AvgIpc) is 2.60. The molecule has 1 heterocycles. The van der Waals surface area contributed by atoms with E-state index in [-0.39, 0.29) is 23.8 Å². The van der Waals surface area contributed by atoms with Gasteiger partial charge >= 0.3 is 0 Å². The molecule has 1 aromatic rings. The van der Waals surface area contributed by atoms with Gasteiger partial charge in [-0.05, 0) is 56.9 Å². The van der Waals surface area contributed by atoms with Gasteiger partial charge in [-0.1, -0.05) is 13.8 Å². The fraction of sp³-hybridized carbons (Fsp3) is 0.600. The van der Waals surface area contributed by atoms with Crippen LogP contribution in [-0.4, -0.2) is 47.9 Å². The van der Waals surface area contributed by atoms with Crippen LogP contribution < -0.4 is 10.6 Å². The van der Waals surface area contributed by atoms with Crippen LogP contribution in [0, 0.1) is 11.7 Å². The Balaban J connectivity index is 1.93. The Kier molecular flexibility index (Phi) is 7.14. The van der Waals surface area contributed by atoms with Crippen LogP contribution in [0.2, 0.25) is 0 Å². The van der Waals surface area contributed by atoms with Crippen molar-refractivity contribution in [1.82, 2.24) is 15.5 Å². The van der Waals surface area contributed by atoms with Crippen LogP contribution in [0.4, 0.5) is 4.39 Å². The van der Waals surface area contributed by atoms with E-state index in [9.17, 15) is 14.0 Å². The van der Waals surface area contributed by atoms with Gasteiger partial charge in [-0.3, -0.25) is 9.59 Å². The molecule has 0 aliphatic carbocycles. The summed E-state index contributed by atoms with van der Waals surface area (Å²) in [6.07, 6.45) is 1.83. The molecular weight excluding hydrogens is 333 g/mol. The molecule has 1 fully saturated rings. The van der Waals surface area contributed by atoms with E-state index < -0.39 is 11.9 Å². The standard InChI is InChI=1S/C20H30FN3O2/c1-13(2)18(23-19(25)15-5-7-16(21)8-6-15)20(26)22-17-9-11-24(12-10-17)14(3)4/h5-8,13-14,17-18H,9-12H2,1-4H3,(H,22,26)(H,23,25)/t18-/m0/s1. The zero-order valence-electron chi connectivity index (χ0n) is 16.1. The van der Waals surface area contributed by atoms with Gasteiger partial charge in [0.25, 0.3) is 5.91 Å². The minimum Gasteiger partial charge on any atom is -0.351 e. The number of benzene rings is 1. The number of nitrogens with zero attached hydrogens (tertiary/aromatic N) is 1. The first-order valence-corrected chi connectivity index (χ1v) is 9.38. The van der Waals surface area contributed by atoms with Gasteiger partial charge < -0.3 is 15.5 Å². The first-order chi connectivity index (χ1) is 12.3. The fourth-order valence-electron chi connectivity index (χ4n) is 3.21. The smallest absolute Gasteiger partial charge is 0.251 e. The maximum Gasteiger partial charge on any atom is 0.251 e. The summed E-state index contributed by atoms with van der Waals surface area (Å²) in [5.41, 5.74) is 0.343. The summed E-state index contributed by atoms with van der Waals surface area (Å²) in [5.74, 6) is -0.963. The van der Waals surface area contributed by atoms with E-state index in [1.807, 2.05) is 13.8 Å². The van der Waals surface area contributed by atoms with E-state index >= 15 is 0 Å². The summed E-state index contributed by atoms with van der Waals surface area (Å²) in [6, 6.07) is 5.36. The molecule has 144 valence electrons. The lowest BCUT2D eigenvalue weighted by atomic mass is 9.99. The lowest BCUT2D eigenvalue weighted by molar-refractivity contribution is -0.125. The summed E-state index contributed by atoms with van der Waals surface area (Å²) in [6.45, 7) is 10.1. The monoisotopic (exact) mass is 363 g/mol. The molecule has 1 saturated heterocycles. The first-order valence-electron chi connectivity index (χ1n) is 9.38. The van der Waals surface area contributed by atoms with Crippen LogP contribution in [0.3, 0.4) is 0 Å². The lowest BCUT2D eigenvalue weighted by Gasteiger charge is -2.35. The molecule has 1 atom stereocenters.